The number of rotatable bonds is 5. The Bertz CT molecular complexity index is 401. The second kappa shape index (κ2) is 6.01. The molecule has 1 rings (SSSR count). The fourth-order valence-corrected chi connectivity index (χ4v) is 2.20. The Hall–Kier alpha value is -1.09. The van der Waals surface area contributed by atoms with Crippen molar-refractivity contribution in [3.8, 4) is 0 Å². The van der Waals surface area contributed by atoms with Crippen LogP contribution in [0.25, 0.3) is 0 Å². The van der Waals surface area contributed by atoms with Gasteiger partial charge in [-0.3, -0.25) is 0 Å². The highest BCUT2D eigenvalue weighted by Gasteiger charge is 2.13. The van der Waals surface area contributed by atoms with Gasteiger partial charge < -0.3 is 10.6 Å². The van der Waals surface area contributed by atoms with E-state index in [2.05, 4.69) is 44.7 Å². The van der Waals surface area contributed by atoms with Gasteiger partial charge in [-0.1, -0.05) is 19.1 Å². The molecule has 1 aromatic carbocycles. The summed E-state index contributed by atoms with van der Waals surface area (Å²) >= 11 is 5.00. The van der Waals surface area contributed by atoms with Gasteiger partial charge in [0.15, 0.2) is 0 Å². The molecule has 0 aliphatic rings. The summed E-state index contributed by atoms with van der Waals surface area (Å²) in [5.41, 5.74) is 9.10. The molecule has 0 heterocycles. The lowest BCUT2D eigenvalue weighted by Crippen LogP contribution is -2.32. The SMILES string of the molecule is CCC(C)N(CC)c1ccc(C(N)=S)cc1C. The molecule has 0 fully saturated rings. The zero-order valence-electron chi connectivity index (χ0n) is 11.2. The molecule has 2 nitrogen and oxygen atoms in total. The van der Waals surface area contributed by atoms with Gasteiger partial charge in [0.25, 0.3) is 0 Å². The number of anilines is 1. The summed E-state index contributed by atoms with van der Waals surface area (Å²) in [4.78, 5) is 2.88. The number of nitrogens with zero attached hydrogens (tertiary/aromatic N) is 1. The van der Waals surface area contributed by atoms with E-state index in [1.54, 1.807) is 0 Å². The fourth-order valence-electron chi connectivity index (χ4n) is 2.07. The van der Waals surface area contributed by atoms with E-state index >= 15 is 0 Å². The average molecular weight is 250 g/mol. The Morgan fingerprint density at radius 2 is 2.06 bits per heavy atom. The maximum Gasteiger partial charge on any atom is 0.103 e. The molecule has 0 aliphatic heterocycles. The number of hydrogen-bond acceptors (Lipinski definition) is 2. The number of nitrogens with two attached hydrogens (primary N) is 1. The zero-order valence-corrected chi connectivity index (χ0v) is 12.0. The normalized spacial score (nSPS) is 12.2. The molecular formula is C14H22N2S. The first kappa shape index (κ1) is 14.0. The van der Waals surface area contributed by atoms with Crippen LogP contribution in [0, 0.1) is 6.92 Å². The lowest BCUT2D eigenvalue weighted by Gasteiger charge is -2.31. The van der Waals surface area contributed by atoms with Crippen molar-refractivity contribution in [3.05, 3.63) is 29.3 Å². The van der Waals surface area contributed by atoms with Crippen LogP contribution in [0.1, 0.15) is 38.3 Å². The summed E-state index contributed by atoms with van der Waals surface area (Å²) in [6.45, 7) is 9.79. The molecule has 1 atom stereocenters. The molecule has 0 radical (unpaired) electrons. The Balaban J connectivity index is 3.09. The second-order valence-electron chi connectivity index (χ2n) is 4.41. The van der Waals surface area contributed by atoms with Gasteiger partial charge in [0.1, 0.15) is 4.99 Å². The van der Waals surface area contributed by atoms with Gasteiger partial charge in [-0.25, -0.2) is 0 Å². The first-order valence-corrected chi connectivity index (χ1v) is 6.59. The van der Waals surface area contributed by atoms with Gasteiger partial charge in [0.2, 0.25) is 0 Å². The van der Waals surface area contributed by atoms with E-state index < -0.39 is 0 Å². The van der Waals surface area contributed by atoms with Crippen LogP contribution in [-0.2, 0) is 0 Å². The Kier molecular flexibility index (Phi) is 4.94. The molecule has 0 aliphatic carbocycles. The maximum absolute atomic E-state index is 5.65. The highest BCUT2D eigenvalue weighted by molar-refractivity contribution is 7.80. The van der Waals surface area contributed by atoms with E-state index in [9.17, 15) is 0 Å². The van der Waals surface area contributed by atoms with Gasteiger partial charge in [0, 0.05) is 23.8 Å². The number of benzene rings is 1. The van der Waals surface area contributed by atoms with Crippen molar-refractivity contribution in [1.82, 2.24) is 0 Å². The van der Waals surface area contributed by atoms with Crippen LogP contribution in [0.4, 0.5) is 5.69 Å². The minimum Gasteiger partial charge on any atom is -0.389 e. The van der Waals surface area contributed by atoms with Gasteiger partial charge in [0.05, 0.1) is 0 Å². The molecule has 0 saturated heterocycles. The topological polar surface area (TPSA) is 29.3 Å². The first-order valence-electron chi connectivity index (χ1n) is 6.18. The van der Waals surface area contributed by atoms with Crippen LogP contribution in [0.5, 0.6) is 0 Å². The van der Waals surface area contributed by atoms with Gasteiger partial charge in [-0.15, -0.1) is 0 Å². The number of hydrogen-bond donors (Lipinski definition) is 1. The van der Waals surface area contributed by atoms with Crippen LogP contribution in [0.2, 0.25) is 0 Å². The molecule has 0 aromatic heterocycles. The third kappa shape index (κ3) is 3.19. The molecule has 2 N–H and O–H groups in total. The average Bonchev–Trinajstić information content (AvgIpc) is 2.31. The molecule has 0 bridgehead atoms. The van der Waals surface area contributed by atoms with Crippen molar-refractivity contribution in [3.63, 3.8) is 0 Å². The van der Waals surface area contributed by atoms with Crippen LogP contribution in [0.3, 0.4) is 0 Å². The van der Waals surface area contributed by atoms with Crippen LogP contribution in [-0.4, -0.2) is 17.6 Å². The van der Waals surface area contributed by atoms with Gasteiger partial charge in [-0.05, 0) is 51.0 Å². The highest BCUT2D eigenvalue weighted by atomic mass is 32.1. The summed E-state index contributed by atoms with van der Waals surface area (Å²) in [7, 11) is 0. The van der Waals surface area contributed by atoms with E-state index in [1.165, 1.54) is 11.3 Å². The molecule has 0 spiro atoms. The van der Waals surface area contributed by atoms with Crippen molar-refractivity contribution >= 4 is 22.9 Å². The predicted molar refractivity (Wildman–Crippen MR) is 79.8 cm³/mol. The maximum atomic E-state index is 5.65. The first-order chi connectivity index (χ1) is 8.01. The molecule has 0 saturated carbocycles. The molecule has 3 heteroatoms. The molecule has 17 heavy (non-hydrogen) atoms. The van der Waals surface area contributed by atoms with Gasteiger partial charge >= 0.3 is 0 Å². The lowest BCUT2D eigenvalue weighted by molar-refractivity contribution is 0.628. The quantitative estimate of drug-likeness (QED) is 0.813. The largest absolute Gasteiger partial charge is 0.389 e. The molecule has 1 unspecified atom stereocenters. The molecule has 94 valence electrons. The predicted octanol–water partition coefficient (Wildman–Crippen LogP) is 3.25. The fraction of sp³-hybridized carbons (Fsp3) is 0.500. The third-order valence-corrected chi connectivity index (χ3v) is 3.49. The van der Waals surface area contributed by atoms with Crippen LogP contribution < -0.4 is 10.6 Å². The summed E-state index contributed by atoms with van der Waals surface area (Å²) < 4.78 is 0. The van der Waals surface area contributed by atoms with Crippen molar-refractivity contribution in [1.29, 1.82) is 0 Å². The van der Waals surface area contributed by atoms with Crippen molar-refractivity contribution in [2.75, 3.05) is 11.4 Å². The smallest absolute Gasteiger partial charge is 0.103 e. The summed E-state index contributed by atoms with van der Waals surface area (Å²) in [5, 5.41) is 0. The van der Waals surface area contributed by atoms with Gasteiger partial charge in [-0.2, -0.15) is 0 Å². The summed E-state index contributed by atoms with van der Waals surface area (Å²) in [5.74, 6) is 0. The van der Waals surface area contributed by atoms with E-state index in [0.717, 1.165) is 18.5 Å². The minimum absolute atomic E-state index is 0.464. The zero-order chi connectivity index (χ0) is 13.0. The Morgan fingerprint density at radius 3 is 2.47 bits per heavy atom. The van der Waals surface area contributed by atoms with Crippen molar-refractivity contribution in [2.45, 2.75) is 40.2 Å². The molecule has 1 aromatic rings. The van der Waals surface area contributed by atoms with E-state index in [0.29, 0.717) is 11.0 Å². The third-order valence-electron chi connectivity index (χ3n) is 3.25. The lowest BCUT2D eigenvalue weighted by atomic mass is 10.1. The minimum atomic E-state index is 0.464. The number of aryl methyl sites for hydroxylation is 1. The molecule has 0 amide bonds. The highest BCUT2D eigenvalue weighted by Crippen LogP contribution is 2.24. The van der Waals surface area contributed by atoms with E-state index in [1.807, 2.05) is 6.07 Å². The standard InChI is InChI=1S/C14H22N2S/c1-5-11(4)16(6-2)13-8-7-12(14(15)17)9-10(13)3/h7-9,11H,5-6H2,1-4H3,(H2,15,17). The van der Waals surface area contributed by atoms with Crippen LogP contribution in [0.15, 0.2) is 18.2 Å². The Morgan fingerprint density at radius 1 is 1.41 bits per heavy atom. The van der Waals surface area contributed by atoms with Crippen molar-refractivity contribution < 1.29 is 0 Å². The Labute approximate surface area is 110 Å². The monoisotopic (exact) mass is 250 g/mol. The van der Waals surface area contributed by atoms with Crippen molar-refractivity contribution in [2.24, 2.45) is 5.73 Å². The summed E-state index contributed by atoms with van der Waals surface area (Å²) in [6, 6.07) is 6.76. The second-order valence-corrected chi connectivity index (χ2v) is 4.85. The van der Waals surface area contributed by atoms with E-state index in [-0.39, 0.29) is 0 Å². The van der Waals surface area contributed by atoms with Crippen LogP contribution >= 0.6 is 12.2 Å². The van der Waals surface area contributed by atoms with E-state index in [4.69, 9.17) is 18.0 Å². The summed E-state index contributed by atoms with van der Waals surface area (Å²) in [6.07, 6.45) is 1.14. The molecular weight excluding hydrogens is 228 g/mol. The number of thiocarbonyl (C=S) groups is 1.